The third-order valence-corrected chi connectivity index (χ3v) is 2.85. The number of nitrogens with zero attached hydrogens (tertiary/aromatic N) is 4. The molecule has 0 bridgehead atoms. The van der Waals surface area contributed by atoms with Crippen molar-refractivity contribution >= 4 is 23.5 Å². The maximum Gasteiger partial charge on any atom is 0.389 e. The van der Waals surface area contributed by atoms with Gasteiger partial charge in [-0.15, -0.1) is 0 Å². The van der Waals surface area contributed by atoms with Crippen molar-refractivity contribution in [2.24, 2.45) is 0 Å². The zero-order valence-electron chi connectivity index (χ0n) is 10.5. The Hall–Kier alpha value is -2.78. The largest absolute Gasteiger partial charge is 0.389 e. The summed E-state index contributed by atoms with van der Waals surface area (Å²) in [5.41, 5.74) is 0. The molecule has 0 saturated carbocycles. The van der Waals surface area contributed by atoms with Crippen LogP contribution in [-0.4, -0.2) is 49.9 Å². The number of carbonyl (C=O) groups is 3. The van der Waals surface area contributed by atoms with Crippen LogP contribution in [0.3, 0.4) is 0 Å². The average molecular weight is 281 g/mol. The molecule has 1 aromatic rings. The topological polar surface area (TPSA) is 127 Å². The van der Waals surface area contributed by atoms with Gasteiger partial charge in [-0.2, -0.15) is 4.68 Å². The van der Waals surface area contributed by atoms with Crippen LogP contribution >= 0.6 is 0 Å². The van der Waals surface area contributed by atoms with E-state index in [1.54, 1.807) is 0 Å². The number of hydrogen-bond acceptors (Lipinski definition) is 6. The van der Waals surface area contributed by atoms with Crippen LogP contribution in [0.1, 0.15) is 6.92 Å². The van der Waals surface area contributed by atoms with E-state index in [9.17, 15) is 24.5 Å². The molecule has 1 fully saturated rings. The van der Waals surface area contributed by atoms with E-state index in [2.05, 4.69) is 10.4 Å². The molecule has 2 rings (SSSR count). The smallest absolute Gasteiger partial charge is 0.358 e. The van der Waals surface area contributed by atoms with Crippen LogP contribution < -0.4 is 5.32 Å². The number of nitro groups is 1. The Morgan fingerprint density at radius 3 is 2.90 bits per heavy atom. The van der Waals surface area contributed by atoms with Gasteiger partial charge in [0, 0.05) is 0 Å². The number of nitrogens with one attached hydrogen (secondary N) is 1. The fraction of sp³-hybridized carbons (Fsp3) is 0.400. The first-order valence-corrected chi connectivity index (χ1v) is 5.69. The summed E-state index contributed by atoms with van der Waals surface area (Å²) >= 11 is 0. The molecule has 0 aromatic carbocycles. The Labute approximate surface area is 112 Å². The van der Waals surface area contributed by atoms with Crippen LogP contribution in [0.5, 0.6) is 0 Å². The van der Waals surface area contributed by atoms with Gasteiger partial charge < -0.3 is 15.0 Å². The zero-order valence-corrected chi connectivity index (χ0v) is 10.5. The Morgan fingerprint density at radius 1 is 1.60 bits per heavy atom. The van der Waals surface area contributed by atoms with Gasteiger partial charge in [-0.05, 0) is 11.8 Å². The van der Waals surface area contributed by atoms with Crippen molar-refractivity contribution in [2.45, 2.75) is 19.5 Å². The van der Waals surface area contributed by atoms with Crippen molar-refractivity contribution in [1.29, 1.82) is 0 Å². The summed E-state index contributed by atoms with van der Waals surface area (Å²) in [7, 11) is 0. The highest BCUT2D eigenvalue weighted by Crippen LogP contribution is 2.09. The van der Waals surface area contributed by atoms with Crippen molar-refractivity contribution in [1.82, 2.24) is 20.0 Å². The van der Waals surface area contributed by atoms with Crippen molar-refractivity contribution in [3.63, 3.8) is 0 Å². The lowest BCUT2D eigenvalue weighted by Crippen LogP contribution is -2.59. The third-order valence-electron chi connectivity index (χ3n) is 2.85. The normalized spacial score (nSPS) is 18.9. The van der Waals surface area contributed by atoms with Gasteiger partial charge in [-0.1, -0.05) is 0 Å². The second-order valence-electron chi connectivity index (χ2n) is 4.24. The Bertz CT molecular complexity index is 595. The van der Waals surface area contributed by atoms with Gasteiger partial charge in [-0.3, -0.25) is 19.7 Å². The molecule has 0 radical (unpaired) electrons. The summed E-state index contributed by atoms with van der Waals surface area (Å²) in [5, 5.41) is 16.2. The molecule has 106 valence electrons. The van der Waals surface area contributed by atoms with Crippen LogP contribution in [0, 0.1) is 10.1 Å². The lowest BCUT2D eigenvalue weighted by Gasteiger charge is -2.31. The van der Waals surface area contributed by atoms with Gasteiger partial charge in [0.2, 0.25) is 17.7 Å². The number of carbonyl (C=O) groups excluding carboxylic acids is 3. The van der Waals surface area contributed by atoms with E-state index in [1.807, 2.05) is 0 Å². The first-order valence-electron chi connectivity index (χ1n) is 5.69. The highest BCUT2D eigenvalue weighted by Gasteiger charge is 2.33. The van der Waals surface area contributed by atoms with Crippen molar-refractivity contribution < 1.29 is 19.3 Å². The Morgan fingerprint density at radius 2 is 2.30 bits per heavy atom. The van der Waals surface area contributed by atoms with Gasteiger partial charge in [0.25, 0.3) is 0 Å². The molecule has 1 aromatic heterocycles. The summed E-state index contributed by atoms with van der Waals surface area (Å²) in [5.74, 6) is -2.01. The molecule has 1 N–H and O–H groups in total. The molecule has 1 saturated heterocycles. The van der Waals surface area contributed by atoms with Crippen LogP contribution in [0.15, 0.2) is 12.3 Å². The second kappa shape index (κ2) is 5.07. The van der Waals surface area contributed by atoms with Crippen LogP contribution in [0.4, 0.5) is 5.82 Å². The van der Waals surface area contributed by atoms with Crippen LogP contribution in [-0.2, 0) is 20.9 Å². The van der Waals surface area contributed by atoms with Crippen molar-refractivity contribution in [3.05, 3.63) is 22.4 Å². The molecule has 20 heavy (non-hydrogen) atoms. The number of imide groups is 1. The number of hydrogen-bond donors (Lipinski definition) is 1. The molecule has 1 aliphatic rings. The first-order chi connectivity index (χ1) is 9.38. The summed E-state index contributed by atoms with van der Waals surface area (Å²) in [6.07, 6.45) is 1.28. The zero-order chi connectivity index (χ0) is 14.9. The fourth-order valence-corrected chi connectivity index (χ4v) is 1.78. The van der Waals surface area contributed by atoms with Gasteiger partial charge in [0.15, 0.2) is 0 Å². The maximum absolute atomic E-state index is 12.0. The molecular formula is C10H11N5O5. The SMILES string of the molecule is CC1C(=O)NC(=O)CN1C(=O)Cn1ccc([N+](=O)[O-])n1. The fourth-order valence-electron chi connectivity index (χ4n) is 1.78. The number of aromatic nitrogens is 2. The highest BCUT2D eigenvalue weighted by molar-refractivity contribution is 6.04. The third kappa shape index (κ3) is 2.63. The van der Waals surface area contributed by atoms with Gasteiger partial charge in [0.1, 0.15) is 19.1 Å². The van der Waals surface area contributed by atoms with E-state index < -0.39 is 28.7 Å². The van der Waals surface area contributed by atoms with Crippen LogP contribution in [0.2, 0.25) is 0 Å². The van der Waals surface area contributed by atoms with Gasteiger partial charge in [0.05, 0.1) is 17.4 Å². The highest BCUT2D eigenvalue weighted by atomic mass is 16.6. The molecule has 1 unspecified atom stereocenters. The number of piperazine rings is 1. The van der Waals surface area contributed by atoms with E-state index in [0.29, 0.717) is 0 Å². The lowest BCUT2D eigenvalue weighted by molar-refractivity contribution is -0.389. The minimum atomic E-state index is -0.772. The van der Waals surface area contributed by atoms with Crippen molar-refractivity contribution in [3.8, 4) is 0 Å². The first kappa shape index (κ1) is 13.6. The molecule has 10 heteroatoms. The molecule has 0 aliphatic carbocycles. The average Bonchev–Trinajstić information content (AvgIpc) is 2.82. The Kier molecular flexibility index (Phi) is 3.46. The summed E-state index contributed by atoms with van der Waals surface area (Å²) in [6, 6.07) is 0.385. The van der Waals surface area contributed by atoms with E-state index in [-0.39, 0.29) is 18.9 Å². The second-order valence-corrected chi connectivity index (χ2v) is 4.24. The molecule has 0 spiro atoms. The Balaban J connectivity index is 2.08. The summed E-state index contributed by atoms with van der Waals surface area (Å²) in [4.78, 5) is 45.6. The predicted molar refractivity (Wildman–Crippen MR) is 63.2 cm³/mol. The maximum atomic E-state index is 12.0. The van der Waals surface area contributed by atoms with Gasteiger partial charge in [-0.25, -0.2) is 0 Å². The van der Waals surface area contributed by atoms with E-state index in [4.69, 9.17) is 0 Å². The number of rotatable bonds is 3. The molecule has 10 nitrogen and oxygen atoms in total. The molecule has 1 aliphatic heterocycles. The summed E-state index contributed by atoms with van der Waals surface area (Å²) in [6.45, 7) is 0.985. The predicted octanol–water partition coefficient (Wildman–Crippen LogP) is -1.34. The van der Waals surface area contributed by atoms with Crippen LogP contribution in [0.25, 0.3) is 0 Å². The van der Waals surface area contributed by atoms with E-state index >= 15 is 0 Å². The van der Waals surface area contributed by atoms with Crippen molar-refractivity contribution in [2.75, 3.05) is 6.54 Å². The van der Waals surface area contributed by atoms with Gasteiger partial charge >= 0.3 is 5.82 Å². The quantitative estimate of drug-likeness (QED) is 0.415. The van der Waals surface area contributed by atoms with E-state index in [1.165, 1.54) is 13.1 Å². The molecule has 1 atom stereocenters. The minimum absolute atomic E-state index is 0.227. The monoisotopic (exact) mass is 281 g/mol. The molecule has 3 amide bonds. The molecule has 2 heterocycles. The molecular weight excluding hydrogens is 270 g/mol. The minimum Gasteiger partial charge on any atom is -0.358 e. The van der Waals surface area contributed by atoms with E-state index in [0.717, 1.165) is 15.6 Å². The summed E-state index contributed by atoms with van der Waals surface area (Å²) < 4.78 is 1.09. The standard InChI is InChI=1S/C10H11N5O5/c1-6-10(18)11-8(16)4-14(6)9(17)5-13-3-2-7(12-13)15(19)20/h2-3,6H,4-5H2,1H3,(H,11,16,18). The number of amides is 3. The lowest BCUT2D eigenvalue weighted by atomic mass is 10.2.